The van der Waals surface area contributed by atoms with Crippen LogP contribution in [-0.4, -0.2) is 30.0 Å². The van der Waals surface area contributed by atoms with Gasteiger partial charge in [0.2, 0.25) is 5.91 Å². The van der Waals surface area contributed by atoms with Gasteiger partial charge >= 0.3 is 0 Å². The van der Waals surface area contributed by atoms with E-state index in [1.54, 1.807) is 12.1 Å². The summed E-state index contributed by atoms with van der Waals surface area (Å²) in [5.41, 5.74) is 0.820. The molecular weight excluding hydrogens is 357 g/mol. The second kappa shape index (κ2) is 8.34. The van der Waals surface area contributed by atoms with Crippen LogP contribution in [0.4, 0.5) is 0 Å². The molecule has 1 unspecified atom stereocenters. The number of rotatable bonds is 5. The third-order valence-electron chi connectivity index (χ3n) is 5.25. The van der Waals surface area contributed by atoms with Crippen LogP contribution >= 0.6 is 23.2 Å². The van der Waals surface area contributed by atoms with Crippen LogP contribution in [0.5, 0.6) is 5.75 Å². The number of carbonyl (C=O) groups is 1. The molecule has 1 saturated heterocycles. The van der Waals surface area contributed by atoms with Gasteiger partial charge < -0.3 is 9.64 Å². The molecule has 134 valence electrons. The molecule has 3 rings (SSSR count). The highest BCUT2D eigenvalue weighted by molar-refractivity contribution is 6.36. The highest BCUT2D eigenvalue weighted by Crippen LogP contribution is 2.36. The standard InChI is InChI=1S/C20H23Cl2NO2/c1-2-10-25-16-12-18(21)17(19(22)13-16)11-14-8-9-23(20(14)24)15-6-4-3-5-7-15/h1,12-15H,3-11H2. The number of nitrogens with zero attached hydrogens (tertiary/aromatic N) is 1. The van der Waals surface area contributed by atoms with Crippen LogP contribution in [0, 0.1) is 18.3 Å². The molecule has 2 fully saturated rings. The maximum atomic E-state index is 12.8. The van der Waals surface area contributed by atoms with Crippen molar-refractivity contribution >= 4 is 29.1 Å². The first-order chi connectivity index (χ1) is 12.1. The first kappa shape index (κ1) is 18.4. The zero-order valence-electron chi connectivity index (χ0n) is 14.3. The number of amides is 1. The molecule has 0 radical (unpaired) electrons. The molecule has 0 aromatic heterocycles. The van der Waals surface area contributed by atoms with Gasteiger partial charge in [-0.05, 0) is 43.4 Å². The van der Waals surface area contributed by atoms with Gasteiger partial charge in [0.15, 0.2) is 0 Å². The molecule has 1 aliphatic heterocycles. The summed E-state index contributed by atoms with van der Waals surface area (Å²) in [6.07, 6.45) is 12.7. The van der Waals surface area contributed by atoms with E-state index in [9.17, 15) is 4.79 Å². The quantitative estimate of drug-likeness (QED) is 0.692. The molecule has 5 heteroatoms. The zero-order chi connectivity index (χ0) is 17.8. The van der Waals surface area contributed by atoms with E-state index in [4.69, 9.17) is 34.4 Å². The van der Waals surface area contributed by atoms with E-state index in [-0.39, 0.29) is 18.4 Å². The second-order valence-electron chi connectivity index (χ2n) is 6.87. The SMILES string of the molecule is C#CCOc1cc(Cl)c(CC2CCN(C3CCCCC3)C2=O)c(Cl)c1. The van der Waals surface area contributed by atoms with Gasteiger partial charge in [-0.2, -0.15) is 0 Å². The van der Waals surface area contributed by atoms with Crippen LogP contribution < -0.4 is 4.74 Å². The van der Waals surface area contributed by atoms with Crippen LogP contribution in [0.15, 0.2) is 12.1 Å². The molecule has 1 atom stereocenters. The number of hydrogen-bond donors (Lipinski definition) is 0. The topological polar surface area (TPSA) is 29.5 Å². The van der Waals surface area contributed by atoms with E-state index in [0.29, 0.717) is 28.3 Å². The van der Waals surface area contributed by atoms with Crippen molar-refractivity contribution in [2.45, 2.75) is 51.0 Å². The Hall–Kier alpha value is -1.37. The molecule has 3 nitrogen and oxygen atoms in total. The number of terminal acetylenes is 1. The predicted molar refractivity (Wildman–Crippen MR) is 101 cm³/mol. The number of benzene rings is 1. The molecule has 1 aromatic rings. The molecule has 1 aromatic carbocycles. The average molecular weight is 380 g/mol. The monoisotopic (exact) mass is 379 g/mol. The van der Waals surface area contributed by atoms with E-state index in [2.05, 4.69) is 10.8 Å². The molecule has 0 spiro atoms. The van der Waals surface area contributed by atoms with E-state index in [0.717, 1.165) is 31.4 Å². The minimum Gasteiger partial charge on any atom is -0.481 e. The lowest BCUT2D eigenvalue weighted by atomic mass is 9.94. The summed E-state index contributed by atoms with van der Waals surface area (Å²) in [5.74, 6) is 3.19. The van der Waals surface area contributed by atoms with Crippen LogP contribution in [0.2, 0.25) is 10.0 Å². The number of ether oxygens (including phenoxy) is 1. The molecule has 1 aliphatic carbocycles. The average Bonchev–Trinajstić information content (AvgIpc) is 2.97. The summed E-state index contributed by atoms with van der Waals surface area (Å²) in [6, 6.07) is 3.87. The van der Waals surface area contributed by atoms with Gasteiger partial charge in [-0.15, -0.1) is 6.42 Å². The highest BCUT2D eigenvalue weighted by Gasteiger charge is 2.36. The molecule has 1 amide bonds. The summed E-state index contributed by atoms with van der Waals surface area (Å²) in [5, 5.41) is 1.06. The Morgan fingerprint density at radius 2 is 1.84 bits per heavy atom. The fraction of sp³-hybridized carbons (Fsp3) is 0.550. The molecule has 1 heterocycles. The van der Waals surface area contributed by atoms with Crippen LogP contribution in [-0.2, 0) is 11.2 Å². The lowest BCUT2D eigenvalue weighted by molar-refractivity contribution is -0.133. The van der Waals surface area contributed by atoms with E-state index < -0.39 is 0 Å². The summed E-state index contributed by atoms with van der Waals surface area (Å²) in [4.78, 5) is 14.9. The first-order valence-corrected chi connectivity index (χ1v) is 9.70. The molecular formula is C20H23Cl2NO2. The third kappa shape index (κ3) is 4.25. The van der Waals surface area contributed by atoms with Gasteiger partial charge in [0.05, 0.1) is 0 Å². The van der Waals surface area contributed by atoms with Crippen LogP contribution in [0.3, 0.4) is 0 Å². The van der Waals surface area contributed by atoms with E-state index in [1.807, 2.05) is 0 Å². The van der Waals surface area contributed by atoms with Crippen molar-refractivity contribution in [2.24, 2.45) is 5.92 Å². The summed E-state index contributed by atoms with van der Waals surface area (Å²) >= 11 is 12.8. The molecule has 2 aliphatic rings. The molecule has 25 heavy (non-hydrogen) atoms. The minimum absolute atomic E-state index is 0.0330. The van der Waals surface area contributed by atoms with Crippen molar-refractivity contribution in [3.05, 3.63) is 27.7 Å². The van der Waals surface area contributed by atoms with Crippen LogP contribution in [0.25, 0.3) is 0 Å². The van der Waals surface area contributed by atoms with E-state index in [1.165, 1.54) is 19.3 Å². The summed E-state index contributed by atoms with van der Waals surface area (Å²) in [7, 11) is 0. The minimum atomic E-state index is -0.0330. The molecule has 0 bridgehead atoms. The van der Waals surface area contributed by atoms with Gasteiger partial charge in [-0.3, -0.25) is 4.79 Å². The van der Waals surface area contributed by atoms with Gasteiger partial charge in [0, 0.05) is 28.5 Å². The fourth-order valence-corrected chi connectivity index (χ4v) is 4.56. The van der Waals surface area contributed by atoms with E-state index >= 15 is 0 Å². The Morgan fingerprint density at radius 1 is 1.16 bits per heavy atom. The Balaban J connectivity index is 1.68. The number of carbonyl (C=O) groups excluding carboxylic acids is 1. The lowest BCUT2D eigenvalue weighted by Gasteiger charge is -2.31. The van der Waals surface area contributed by atoms with Crippen molar-refractivity contribution in [3.63, 3.8) is 0 Å². The maximum absolute atomic E-state index is 12.8. The van der Waals surface area contributed by atoms with Gasteiger partial charge in [-0.25, -0.2) is 0 Å². The Bertz CT molecular complexity index is 654. The summed E-state index contributed by atoms with van der Waals surface area (Å²) < 4.78 is 5.38. The molecule has 1 saturated carbocycles. The largest absolute Gasteiger partial charge is 0.481 e. The first-order valence-electron chi connectivity index (χ1n) is 8.95. The summed E-state index contributed by atoms with van der Waals surface area (Å²) in [6.45, 7) is 1.02. The number of halogens is 2. The van der Waals surface area contributed by atoms with Crippen molar-refractivity contribution in [1.82, 2.24) is 4.90 Å². The smallest absolute Gasteiger partial charge is 0.226 e. The molecule has 0 N–H and O–H groups in total. The van der Waals surface area contributed by atoms with Crippen molar-refractivity contribution in [1.29, 1.82) is 0 Å². The Kier molecular flexibility index (Phi) is 6.15. The van der Waals surface area contributed by atoms with Crippen LogP contribution in [0.1, 0.15) is 44.1 Å². The van der Waals surface area contributed by atoms with Gasteiger partial charge in [0.1, 0.15) is 12.4 Å². The van der Waals surface area contributed by atoms with Gasteiger partial charge in [0.25, 0.3) is 0 Å². The highest BCUT2D eigenvalue weighted by atomic mass is 35.5. The number of hydrogen-bond acceptors (Lipinski definition) is 2. The van der Waals surface area contributed by atoms with Crippen molar-refractivity contribution in [3.8, 4) is 18.1 Å². The van der Waals surface area contributed by atoms with Crippen molar-refractivity contribution in [2.75, 3.05) is 13.2 Å². The second-order valence-corrected chi connectivity index (χ2v) is 7.69. The maximum Gasteiger partial charge on any atom is 0.226 e. The predicted octanol–water partition coefficient (Wildman–Crippen LogP) is 4.73. The van der Waals surface area contributed by atoms with Crippen molar-refractivity contribution < 1.29 is 9.53 Å². The lowest BCUT2D eigenvalue weighted by Crippen LogP contribution is -2.39. The zero-order valence-corrected chi connectivity index (χ0v) is 15.8. The Labute approximate surface area is 159 Å². The number of likely N-dealkylation sites (tertiary alicyclic amines) is 1. The van der Waals surface area contributed by atoms with Gasteiger partial charge in [-0.1, -0.05) is 48.4 Å². The fourth-order valence-electron chi connectivity index (χ4n) is 3.94. The third-order valence-corrected chi connectivity index (χ3v) is 5.93. The normalized spacial score (nSPS) is 21.4. The Morgan fingerprint density at radius 3 is 2.48 bits per heavy atom.